The summed E-state index contributed by atoms with van der Waals surface area (Å²) in [5.74, 6) is -0.0672. The van der Waals surface area contributed by atoms with Crippen molar-refractivity contribution in [3.05, 3.63) is 35.3 Å². The lowest BCUT2D eigenvalue weighted by molar-refractivity contribution is -0.116. The van der Waals surface area contributed by atoms with Crippen molar-refractivity contribution in [2.75, 3.05) is 5.32 Å². The van der Waals surface area contributed by atoms with E-state index in [1.807, 2.05) is 43.5 Å². The molecular formula is C14H17N3OS. The Morgan fingerprint density at radius 1 is 1.53 bits per heavy atom. The van der Waals surface area contributed by atoms with Crippen LogP contribution in [0.4, 0.5) is 5.69 Å². The van der Waals surface area contributed by atoms with Gasteiger partial charge in [-0.3, -0.25) is 4.79 Å². The van der Waals surface area contributed by atoms with Crippen molar-refractivity contribution in [3.63, 3.8) is 0 Å². The Hall–Kier alpha value is -1.72. The van der Waals surface area contributed by atoms with Crippen molar-refractivity contribution in [1.82, 2.24) is 4.98 Å². The van der Waals surface area contributed by atoms with Crippen LogP contribution >= 0.6 is 11.3 Å². The maximum atomic E-state index is 11.7. The van der Waals surface area contributed by atoms with Crippen LogP contribution in [0.25, 0.3) is 10.6 Å². The van der Waals surface area contributed by atoms with E-state index >= 15 is 0 Å². The number of anilines is 1. The lowest BCUT2D eigenvalue weighted by Gasteiger charge is -2.08. The molecule has 2 rings (SSSR count). The second-order valence-electron chi connectivity index (χ2n) is 4.60. The van der Waals surface area contributed by atoms with E-state index in [1.54, 1.807) is 11.3 Å². The highest BCUT2D eigenvalue weighted by Gasteiger charge is 2.07. The highest BCUT2D eigenvalue weighted by molar-refractivity contribution is 7.13. The summed E-state index contributed by atoms with van der Waals surface area (Å²) in [5, 5.41) is 5.82. The van der Waals surface area contributed by atoms with Crippen molar-refractivity contribution in [1.29, 1.82) is 0 Å². The number of carbonyl (C=O) groups is 1. The molecule has 5 heteroatoms. The SMILES string of the molecule is Cc1csc(-c2cccc(NC(=O)CC(C)N)c2)n1. The molecule has 19 heavy (non-hydrogen) atoms. The number of benzene rings is 1. The second-order valence-corrected chi connectivity index (χ2v) is 5.46. The Balaban J connectivity index is 2.13. The fourth-order valence-corrected chi connectivity index (χ4v) is 2.52. The molecule has 0 saturated carbocycles. The van der Waals surface area contributed by atoms with E-state index in [1.165, 1.54) is 0 Å². The third kappa shape index (κ3) is 3.87. The molecule has 4 nitrogen and oxygen atoms in total. The summed E-state index contributed by atoms with van der Waals surface area (Å²) in [6.07, 6.45) is 0.320. The van der Waals surface area contributed by atoms with Gasteiger partial charge in [0, 0.05) is 34.8 Å². The number of hydrogen-bond acceptors (Lipinski definition) is 4. The first-order valence-corrected chi connectivity index (χ1v) is 7.00. The average molecular weight is 275 g/mol. The number of hydrogen-bond donors (Lipinski definition) is 2. The quantitative estimate of drug-likeness (QED) is 0.901. The predicted octanol–water partition coefficient (Wildman–Crippen LogP) is 2.79. The number of nitrogens with zero attached hydrogens (tertiary/aromatic N) is 1. The Morgan fingerprint density at radius 2 is 2.32 bits per heavy atom. The molecule has 1 atom stereocenters. The number of aryl methyl sites for hydroxylation is 1. The molecule has 1 unspecified atom stereocenters. The lowest BCUT2D eigenvalue weighted by Crippen LogP contribution is -2.23. The number of rotatable bonds is 4. The highest BCUT2D eigenvalue weighted by Crippen LogP contribution is 2.25. The van der Waals surface area contributed by atoms with Gasteiger partial charge in [0.1, 0.15) is 5.01 Å². The first-order valence-electron chi connectivity index (χ1n) is 6.12. The Morgan fingerprint density at radius 3 is 2.95 bits per heavy atom. The molecule has 0 radical (unpaired) electrons. The third-order valence-electron chi connectivity index (χ3n) is 2.52. The van der Waals surface area contributed by atoms with Gasteiger partial charge in [0.25, 0.3) is 0 Å². The molecular weight excluding hydrogens is 258 g/mol. The fraction of sp³-hybridized carbons (Fsp3) is 0.286. The van der Waals surface area contributed by atoms with Crippen LogP contribution in [-0.2, 0) is 4.79 Å². The molecule has 1 aromatic carbocycles. The van der Waals surface area contributed by atoms with Gasteiger partial charge in [-0.05, 0) is 26.0 Å². The minimum atomic E-state index is -0.134. The molecule has 0 aliphatic rings. The number of nitrogens with one attached hydrogen (secondary N) is 1. The number of amides is 1. The van der Waals surface area contributed by atoms with Gasteiger partial charge in [-0.2, -0.15) is 0 Å². The first kappa shape index (κ1) is 13.7. The fourth-order valence-electron chi connectivity index (χ4n) is 1.72. The Kier molecular flexibility index (Phi) is 4.29. The minimum absolute atomic E-state index is 0.0672. The molecule has 0 aliphatic carbocycles. The van der Waals surface area contributed by atoms with E-state index in [-0.39, 0.29) is 11.9 Å². The van der Waals surface area contributed by atoms with Crippen molar-refractivity contribution in [2.24, 2.45) is 5.73 Å². The van der Waals surface area contributed by atoms with Crippen LogP contribution in [0, 0.1) is 6.92 Å². The predicted molar refractivity (Wildman–Crippen MR) is 79.2 cm³/mol. The normalized spacial score (nSPS) is 12.2. The van der Waals surface area contributed by atoms with Gasteiger partial charge in [0.05, 0.1) is 0 Å². The van der Waals surface area contributed by atoms with Crippen LogP contribution in [0.5, 0.6) is 0 Å². The zero-order chi connectivity index (χ0) is 13.8. The van der Waals surface area contributed by atoms with E-state index in [9.17, 15) is 4.79 Å². The van der Waals surface area contributed by atoms with Crippen molar-refractivity contribution >= 4 is 22.9 Å². The van der Waals surface area contributed by atoms with E-state index in [4.69, 9.17) is 5.73 Å². The third-order valence-corrected chi connectivity index (χ3v) is 3.53. The number of nitrogens with two attached hydrogens (primary N) is 1. The summed E-state index contributed by atoms with van der Waals surface area (Å²) in [4.78, 5) is 16.1. The molecule has 1 heterocycles. The van der Waals surface area contributed by atoms with E-state index in [2.05, 4.69) is 10.3 Å². The highest BCUT2D eigenvalue weighted by atomic mass is 32.1. The minimum Gasteiger partial charge on any atom is -0.327 e. The molecule has 3 N–H and O–H groups in total. The zero-order valence-corrected chi connectivity index (χ0v) is 11.8. The van der Waals surface area contributed by atoms with Crippen molar-refractivity contribution in [2.45, 2.75) is 26.3 Å². The molecule has 0 fully saturated rings. The molecule has 1 aromatic heterocycles. The summed E-state index contributed by atoms with van der Waals surface area (Å²) in [5.41, 5.74) is 8.39. The van der Waals surface area contributed by atoms with Gasteiger partial charge < -0.3 is 11.1 Å². The number of carbonyl (C=O) groups excluding carboxylic acids is 1. The van der Waals surface area contributed by atoms with Gasteiger partial charge in [-0.15, -0.1) is 11.3 Å². The van der Waals surface area contributed by atoms with Gasteiger partial charge in [0.15, 0.2) is 0 Å². The summed E-state index contributed by atoms with van der Waals surface area (Å²) in [6.45, 7) is 3.78. The summed E-state index contributed by atoms with van der Waals surface area (Å²) in [7, 11) is 0. The van der Waals surface area contributed by atoms with E-state index in [0.29, 0.717) is 6.42 Å². The topological polar surface area (TPSA) is 68.0 Å². The van der Waals surface area contributed by atoms with Crippen molar-refractivity contribution in [3.8, 4) is 10.6 Å². The Labute approximate surface area is 116 Å². The average Bonchev–Trinajstić information content (AvgIpc) is 2.75. The van der Waals surface area contributed by atoms with Gasteiger partial charge in [-0.1, -0.05) is 12.1 Å². The summed E-state index contributed by atoms with van der Waals surface area (Å²) >= 11 is 1.60. The molecule has 0 aliphatic heterocycles. The van der Waals surface area contributed by atoms with E-state index < -0.39 is 0 Å². The molecule has 0 saturated heterocycles. The molecule has 0 spiro atoms. The van der Waals surface area contributed by atoms with Gasteiger partial charge in [-0.25, -0.2) is 4.98 Å². The van der Waals surface area contributed by atoms with Crippen LogP contribution < -0.4 is 11.1 Å². The smallest absolute Gasteiger partial charge is 0.225 e. The largest absolute Gasteiger partial charge is 0.327 e. The first-order chi connectivity index (χ1) is 9.04. The Bertz CT molecular complexity index is 578. The maximum Gasteiger partial charge on any atom is 0.225 e. The van der Waals surface area contributed by atoms with Gasteiger partial charge in [0.2, 0.25) is 5.91 Å². The number of aromatic nitrogens is 1. The van der Waals surface area contributed by atoms with E-state index in [0.717, 1.165) is 22.0 Å². The maximum absolute atomic E-state index is 11.7. The second kappa shape index (κ2) is 5.95. The standard InChI is InChI=1S/C14H17N3OS/c1-9(15)6-13(18)17-12-5-3-4-11(7-12)14-16-10(2)8-19-14/h3-5,7-9H,6,15H2,1-2H3,(H,17,18). The molecule has 100 valence electrons. The van der Waals surface area contributed by atoms with Gasteiger partial charge >= 0.3 is 0 Å². The van der Waals surface area contributed by atoms with Crippen LogP contribution in [0.15, 0.2) is 29.6 Å². The van der Waals surface area contributed by atoms with Crippen LogP contribution in [-0.4, -0.2) is 16.9 Å². The molecule has 2 aromatic rings. The monoisotopic (exact) mass is 275 g/mol. The summed E-state index contributed by atoms with van der Waals surface area (Å²) in [6, 6.07) is 7.55. The lowest BCUT2D eigenvalue weighted by atomic mass is 10.2. The van der Waals surface area contributed by atoms with Crippen LogP contribution in [0.3, 0.4) is 0 Å². The van der Waals surface area contributed by atoms with Crippen LogP contribution in [0.1, 0.15) is 19.0 Å². The molecule has 0 bridgehead atoms. The molecule has 1 amide bonds. The number of thiazole rings is 1. The zero-order valence-electron chi connectivity index (χ0n) is 11.0. The summed E-state index contributed by atoms with van der Waals surface area (Å²) < 4.78 is 0. The van der Waals surface area contributed by atoms with Crippen molar-refractivity contribution < 1.29 is 4.79 Å². The van der Waals surface area contributed by atoms with Crippen LogP contribution in [0.2, 0.25) is 0 Å².